The second-order valence-electron chi connectivity index (χ2n) is 5.12. The molecule has 0 unspecified atom stereocenters. The molecule has 0 aromatic rings. The zero-order valence-corrected chi connectivity index (χ0v) is 10.5. The molecule has 0 spiro atoms. The molecule has 3 heteroatoms. The molecule has 0 radical (unpaired) electrons. The SMILES string of the molecule is C=C(/C=C\C(F)=C(/C)F)[C@]12C[C@H]1CN(CC)C2. The zero-order valence-electron chi connectivity index (χ0n) is 10.5. The predicted octanol–water partition coefficient (Wildman–Crippen LogP) is 3.61. The lowest BCUT2D eigenvalue weighted by atomic mass is 9.95. The standard InChI is InChI=1S/C14H19F2N/c1-4-17-8-12-7-14(12,9-17)10(2)5-6-13(16)11(3)15/h5-6,12H,2,4,7-9H2,1,3H3/b6-5-,13-11-/t12-,14+/m0/s1. The number of allylic oxidation sites excluding steroid dienone is 4. The summed E-state index contributed by atoms with van der Waals surface area (Å²) < 4.78 is 25.6. The summed E-state index contributed by atoms with van der Waals surface area (Å²) in [4.78, 5) is 2.39. The highest BCUT2D eigenvalue weighted by atomic mass is 19.2. The average molecular weight is 239 g/mol. The largest absolute Gasteiger partial charge is 0.302 e. The summed E-state index contributed by atoms with van der Waals surface area (Å²) in [6, 6.07) is 0. The number of hydrogen-bond donors (Lipinski definition) is 0. The van der Waals surface area contributed by atoms with Crippen molar-refractivity contribution in [2.75, 3.05) is 19.6 Å². The van der Waals surface area contributed by atoms with E-state index in [2.05, 4.69) is 18.4 Å². The van der Waals surface area contributed by atoms with Gasteiger partial charge < -0.3 is 4.90 Å². The van der Waals surface area contributed by atoms with Crippen LogP contribution in [0.25, 0.3) is 0 Å². The van der Waals surface area contributed by atoms with Crippen molar-refractivity contribution in [2.45, 2.75) is 20.3 Å². The molecule has 1 aliphatic heterocycles. The van der Waals surface area contributed by atoms with Crippen LogP contribution in [0.4, 0.5) is 8.78 Å². The molecule has 1 aliphatic carbocycles. The van der Waals surface area contributed by atoms with Crippen LogP contribution in [0.2, 0.25) is 0 Å². The molecule has 2 fully saturated rings. The first-order valence-electron chi connectivity index (χ1n) is 6.11. The van der Waals surface area contributed by atoms with Gasteiger partial charge in [0.2, 0.25) is 0 Å². The van der Waals surface area contributed by atoms with Crippen molar-refractivity contribution in [2.24, 2.45) is 11.3 Å². The Balaban J connectivity index is 2.01. The summed E-state index contributed by atoms with van der Waals surface area (Å²) in [7, 11) is 0. The second-order valence-corrected chi connectivity index (χ2v) is 5.12. The van der Waals surface area contributed by atoms with E-state index in [1.54, 1.807) is 6.08 Å². The number of piperidine rings is 1. The van der Waals surface area contributed by atoms with Gasteiger partial charge in [0.05, 0.1) is 0 Å². The summed E-state index contributed by atoms with van der Waals surface area (Å²) in [6.45, 7) is 10.5. The molecule has 1 heterocycles. The van der Waals surface area contributed by atoms with Crippen LogP contribution >= 0.6 is 0 Å². The molecular formula is C14H19F2N. The highest BCUT2D eigenvalue weighted by Gasteiger charge is 2.60. The number of fused-ring (bicyclic) bond motifs is 1. The maximum Gasteiger partial charge on any atom is 0.154 e. The monoisotopic (exact) mass is 239 g/mol. The third kappa shape index (κ3) is 2.21. The molecule has 0 aromatic heterocycles. The van der Waals surface area contributed by atoms with E-state index in [0.29, 0.717) is 5.92 Å². The van der Waals surface area contributed by atoms with Crippen LogP contribution in [0.15, 0.2) is 36.0 Å². The lowest BCUT2D eigenvalue weighted by Crippen LogP contribution is -2.24. The molecule has 2 rings (SSSR count). The maximum absolute atomic E-state index is 13.0. The van der Waals surface area contributed by atoms with Crippen LogP contribution in [-0.2, 0) is 0 Å². The van der Waals surface area contributed by atoms with Gasteiger partial charge in [0.15, 0.2) is 5.83 Å². The van der Waals surface area contributed by atoms with E-state index >= 15 is 0 Å². The molecular weight excluding hydrogens is 220 g/mol. The van der Waals surface area contributed by atoms with Crippen molar-refractivity contribution in [1.82, 2.24) is 4.90 Å². The summed E-state index contributed by atoms with van der Waals surface area (Å²) >= 11 is 0. The van der Waals surface area contributed by atoms with Crippen LogP contribution in [0.1, 0.15) is 20.3 Å². The predicted molar refractivity (Wildman–Crippen MR) is 65.9 cm³/mol. The van der Waals surface area contributed by atoms with Crippen molar-refractivity contribution in [3.8, 4) is 0 Å². The summed E-state index contributed by atoms with van der Waals surface area (Å²) in [5.41, 5.74) is 1.09. The molecule has 2 aliphatic rings. The van der Waals surface area contributed by atoms with E-state index in [4.69, 9.17) is 0 Å². The Bertz CT molecular complexity index is 393. The van der Waals surface area contributed by atoms with Gasteiger partial charge in [0, 0.05) is 18.5 Å². The Morgan fingerprint density at radius 1 is 1.47 bits per heavy atom. The van der Waals surface area contributed by atoms with E-state index in [9.17, 15) is 8.78 Å². The van der Waals surface area contributed by atoms with E-state index in [0.717, 1.165) is 38.6 Å². The zero-order chi connectivity index (χ0) is 12.6. The third-order valence-corrected chi connectivity index (χ3v) is 4.06. The fourth-order valence-corrected chi connectivity index (χ4v) is 2.78. The van der Waals surface area contributed by atoms with Gasteiger partial charge in [0.25, 0.3) is 0 Å². The number of nitrogens with zero attached hydrogens (tertiary/aromatic N) is 1. The molecule has 1 saturated carbocycles. The molecule has 2 atom stereocenters. The van der Waals surface area contributed by atoms with Crippen molar-refractivity contribution in [1.29, 1.82) is 0 Å². The third-order valence-electron chi connectivity index (χ3n) is 4.06. The highest BCUT2D eigenvalue weighted by molar-refractivity contribution is 5.37. The molecule has 94 valence electrons. The quantitative estimate of drug-likeness (QED) is 0.677. The molecule has 0 amide bonds. The number of likely N-dealkylation sites (tertiary alicyclic amines) is 1. The first kappa shape index (κ1) is 12.5. The van der Waals surface area contributed by atoms with Gasteiger partial charge in [-0.25, -0.2) is 8.78 Å². The van der Waals surface area contributed by atoms with Gasteiger partial charge in [0.1, 0.15) is 5.83 Å². The van der Waals surface area contributed by atoms with Gasteiger partial charge >= 0.3 is 0 Å². The Kier molecular flexibility index (Phi) is 3.21. The highest BCUT2D eigenvalue weighted by Crippen LogP contribution is 2.62. The minimum absolute atomic E-state index is 0.150. The summed E-state index contributed by atoms with van der Waals surface area (Å²) in [6.07, 6.45) is 3.97. The van der Waals surface area contributed by atoms with Crippen LogP contribution < -0.4 is 0 Å². The van der Waals surface area contributed by atoms with Crippen LogP contribution in [-0.4, -0.2) is 24.5 Å². The van der Waals surface area contributed by atoms with E-state index in [-0.39, 0.29) is 5.41 Å². The Morgan fingerprint density at radius 3 is 2.71 bits per heavy atom. The van der Waals surface area contributed by atoms with Gasteiger partial charge in [-0.05, 0) is 37.5 Å². The van der Waals surface area contributed by atoms with Crippen LogP contribution in [0, 0.1) is 11.3 Å². The van der Waals surface area contributed by atoms with Gasteiger partial charge in [-0.15, -0.1) is 0 Å². The van der Waals surface area contributed by atoms with Gasteiger partial charge in [-0.1, -0.05) is 19.6 Å². The molecule has 1 saturated heterocycles. The topological polar surface area (TPSA) is 3.24 Å². The molecule has 1 nitrogen and oxygen atoms in total. The smallest absolute Gasteiger partial charge is 0.154 e. The van der Waals surface area contributed by atoms with E-state index in [1.807, 2.05) is 0 Å². The Labute approximate surface area is 101 Å². The average Bonchev–Trinajstić information content (AvgIpc) is 2.88. The minimum Gasteiger partial charge on any atom is -0.302 e. The van der Waals surface area contributed by atoms with Gasteiger partial charge in [-0.2, -0.15) is 0 Å². The molecule has 0 N–H and O–H groups in total. The number of hydrogen-bond acceptors (Lipinski definition) is 1. The summed E-state index contributed by atoms with van der Waals surface area (Å²) in [5.74, 6) is -0.913. The summed E-state index contributed by atoms with van der Waals surface area (Å²) in [5, 5.41) is 0. The normalized spacial score (nSPS) is 33.8. The van der Waals surface area contributed by atoms with E-state index < -0.39 is 11.7 Å². The fraction of sp³-hybridized carbons (Fsp3) is 0.571. The van der Waals surface area contributed by atoms with Crippen molar-refractivity contribution < 1.29 is 8.78 Å². The first-order chi connectivity index (χ1) is 7.99. The van der Waals surface area contributed by atoms with Crippen LogP contribution in [0.3, 0.4) is 0 Å². The van der Waals surface area contributed by atoms with Crippen molar-refractivity contribution >= 4 is 0 Å². The fourth-order valence-electron chi connectivity index (χ4n) is 2.78. The van der Waals surface area contributed by atoms with Crippen LogP contribution in [0.5, 0.6) is 0 Å². The van der Waals surface area contributed by atoms with Gasteiger partial charge in [-0.3, -0.25) is 0 Å². The molecule has 0 bridgehead atoms. The molecule has 17 heavy (non-hydrogen) atoms. The van der Waals surface area contributed by atoms with E-state index in [1.165, 1.54) is 6.08 Å². The van der Waals surface area contributed by atoms with Crippen molar-refractivity contribution in [3.63, 3.8) is 0 Å². The minimum atomic E-state index is -0.801. The Morgan fingerprint density at radius 2 is 2.18 bits per heavy atom. The Hall–Kier alpha value is -0.960. The molecule has 0 aromatic carbocycles. The number of rotatable bonds is 4. The maximum atomic E-state index is 13.0. The lowest BCUT2D eigenvalue weighted by molar-refractivity contribution is 0.307. The lowest BCUT2D eigenvalue weighted by Gasteiger charge is -2.19. The number of halogens is 2. The van der Waals surface area contributed by atoms with Crippen molar-refractivity contribution in [3.05, 3.63) is 36.0 Å². The second kappa shape index (κ2) is 4.37. The first-order valence-corrected chi connectivity index (χ1v) is 6.11.